The van der Waals surface area contributed by atoms with E-state index < -0.39 is 0 Å². The fourth-order valence-corrected chi connectivity index (χ4v) is 3.72. The molecule has 1 atom stereocenters. The number of nitrogens with zero attached hydrogens (tertiary/aromatic N) is 2. The second kappa shape index (κ2) is 8.31. The quantitative estimate of drug-likeness (QED) is 0.528. The number of carbonyl (C=O) groups is 1. The van der Waals surface area contributed by atoms with E-state index in [0.717, 1.165) is 34.4 Å². The van der Waals surface area contributed by atoms with Crippen LogP contribution in [0.25, 0.3) is 16.5 Å². The fourth-order valence-electron chi connectivity index (χ4n) is 3.72. The van der Waals surface area contributed by atoms with Crippen molar-refractivity contribution in [3.8, 4) is 5.69 Å². The summed E-state index contributed by atoms with van der Waals surface area (Å²) in [5, 5.41) is 10.1. The van der Waals surface area contributed by atoms with Crippen molar-refractivity contribution >= 4 is 16.7 Å². The summed E-state index contributed by atoms with van der Waals surface area (Å²) in [6.07, 6.45) is 1.10. The molecule has 1 heterocycles. The van der Waals surface area contributed by atoms with Crippen LogP contribution in [-0.2, 0) is 17.6 Å². The van der Waals surface area contributed by atoms with Gasteiger partial charge in [0.05, 0.1) is 17.8 Å². The molecule has 1 N–H and O–H groups in total. The minimum absolute atomic E-state index is 0.0153. The molecule has 0 fully saturated rings. The maximum atomic E-state index is 12.6. The number of aryl methyl sites for hydroxylation is 1. The number of rotatable bonds is 6. The van der Waals surface area contributed by atoms with Gasteiger partial charge in [0.15, 0.2) is 0 Å². The van der Waals surface area contributed by atoms with Crippen molar-refractivity contribution in [2.24, 2.45) is 0 Å². The third kappa shape index (κ3) is 4.54. The van der Waals surface area contributed by atoms with Crippen LogP contribution in [0.1, 0.15) is 23.9 Å². The van der Waals surface area contributed by atoms with Crippen molar-refractivity contribution in [3.05, 3.63) is 95.8 Å². The van der Waals surface area contributed by atoms with Crippen LogP contribution in [0.3, 0.4) is 0 Å². The summed E-state index contributed by atoms with van der Waals surface area (Å²) in [4.78, 5) is 12.6. The second-order valence-corrected chi connectivity index (χ2v) is 7.56. The summed E-state index contributed by atoms with van der Waals surface area (Å²) in [7, 11) is 0. The Morgan fingerprint density at radius 2 is 1.69 bits per heavy atom. The Kier molecular flexibility index (Phi) is 5.43. The lowest BCUT2D eigenvalue weighted by atomic mass is 10.0. The van der Waals surface area contributed by atoms with Crippen LogP contribution in [0.4, 0.5) is 0 Å². The standard InChI is InChI=1S/C25H25N3O/c1-18(14-24-15-19(2)27-28(24)23-10-4-3-5-11-23)26-25(29)17-20-12-13-21-8-6-7-9-22(21)16-20/h3-13,15-16,18H,14,17H2,1-2H3,(H,26,29)/t18-/m1/s1. The molecule has 1 amide bonds. The van der Waals surface area contributed by atoms with Gasteiger partial charge < -0.3 is 5.32 Å². The maximum Gasteiger partial charge on any atom is 0.224 e. The zero-order valence-electron chi connectivity index (χ0n) is 16.8. The van der Waals surface area contributed by atoms with Crippen LogP contribution in [0.5, 0.6) is 0 Å². The van der Waals surface area contributed by atoms with Crippen molar-refractivity contribution in [1.82, 2.24) is 15.1 Å². The highest BCUT2D eigenvalue weighted by atomic mass is 16.1. The molecule has 29 heavy (non-hydrogen) atoms. The van der Waals surface area contributed by atoms with Gasteiger partial charge in [-0.25, -0.2) is 4.68 Å². The molecule has 0 unspecified atom stereocenters. The van der Waals surface area contributed by atoms with Gasteiger partial charge in [-0.1, -0.05) is 60.7 Å². The molecule has 0 aliphatic rings. The molecular formula is C25H25N3O. The van der Waals surface area contributed by atoms with Gasteiger partial charge >= 0.3 is 0 Å². The number of fused-ring (bicyclic) bond motifs is 1. The van der Waals surface area contributed by atoms with Gasteiger partial charge in [-0.15, -0.1) is 0 Å². The average molecular weight is 383 g/mol. The monoisotopic (exact) mass is 383 g/mol. The molecule has 4 aromatic rings. The molecule has 0 saturated heterocycles. The predicted molar refractivity (Wildman–Crippen MR) is 117 cm³/mol. The van der Waals surface area contributed by atoms with Crippen LogP contribution in [0, 0.1) is 6.92 Å². The summed E-state index contributed by atoms with van der Waals surface area (Å²) in [5.41, 5.74) is 4.12. The molecule has 0 bridgehead atoms. The Balaban J connectivity index is 1.42. The number of aromatic nitrogens is 2. The zero-order valence-corrected chi connectivity index (χ0v) is 16.8. The highest BCUT2D eigenvalue weighted by Crippen LogP contribution is 2.17. The smallest absolute Gasteiger partial charge is 0.224 e. The van der Waals surface area contributed by atoms with Crippen molar-refractivity contribution in [2.75, 3.05) is 0 Å². The Bertz CT molecular complexity index is 1130. The van der Waals surface area contributed by atoms with E-state index >= 15 is 0 Å². The van der Waals surface area contributed by atoms with E-state index in [-0.39, 0.29) is 11.9 Å². The summed E-state index contributed by atoms with van der Waals surface area (Å²) in [5.74, 6) is 0.0373. The van der Waals surface area contributed by atoms with E-state index in [1.165, 1.54) is 5.39 Å². The first-order valence-corrected chi connectivity index (χ1v) is 9.96. The molecule has 0 saturated carbocycles. The SMILES string of the molecule is Cc1cc(C[C@@H](C)NC(=O)Cc2ccc3ccccc3c2)n(-c2ccccc2)n1. The highest BCUT2D eigenvalue weighted by molar-refractivity contribution is 5.85. The highest BCUT2D eigenvalue weighted by Gasteiger charge is 2.14. The molecule has 0 aliphatic heterocycles. The summed E-state index contributed by atoms with van der Waals surface area (Å²) < 4.78 is 1.96. The Morgan fingerprint density at radius 3 is 2.48 bits per heavy atom. The molecule has 3 aromatic carbocycles. The molecule has 0 radical (unpaired) electrons. The van der Waals surface area contributed by atoms with E-state index in [0.29, 0.717) is 6.42 Å². The molecule has 0 aliphatic carbocycles. The number of amides is 1. The Morgan fingerprint density at radius 1 is 0.966 bits per heavy atom. The first-order chi connectivity index (χ1) is 14.1. The fraction of sp³-hybridized carbons (Fsp3) is 0.200. The number of hydrogen-bond acceptors (Lipinski definition) is 2. The van der Waals surface area contributed by atoms with Gasteiger partial charge in [0, 0.05) is 18.2 Å². The second-order valence-electron chi connectivity index (χ2n) is 7.56. The Hall–Kier alpha value is -3.40. The lowest BCUT2D eigenvalue weighted by Crippen LogP contribution is -2.35. The summed E-state index contributed by atoms with van der Waals surface area (Å²) in [6.45, 7) is 4.03. The molecule has 0 spiro atoms. The van der Waals surface area contributed by atoms with Gasteiger partial charge in [0.1, 0.15) is 0 Å². The van der Waals surface area contributed by atoms with Crippen LogP contribution in [-0.4, -0.2) is 21.7 Å². The topological polar surface area (TPSA) is 46.9 Å². The summed E-state index contributed by atoms with van der Waals surface area (Å²) in [6, 6.07) is 26.6. The maximum absolute atomic E-state index is 12.6. The van der Waals surface area contributed by atoms with Gasteiger partial charge in [-0.2, -0.15) is 5.10 Å². The number of hydrogen-bond donors (Lipinski definition) is 1. The first-order valence-electron chi connectivity index (χ1n) is 9.96. The summed E-state index contributed by atoms with van der Waals surface area (Å²) >= 11 is 0. The van der Waals surface area contributed by atoms with Gasteiger partial charge in [-0.05, 0) is 48.4 Å². The van der Waals surface area contributed by atoms with E-state index in [1.54, 1.807) is 0 Å². The van der Waals surface area contributed by atoms with Crippen LogP contribution >= 0.6 is 0 Å². The van der Waals surface area contributed by atoms with Crippen LogP contribution in [0.15, 0.2) is 78.9 Å². The van der Waals surface area contributed by atoms with Crippen molar-refractivity contribution < 1.29 is 4.79 Å². The number of para-hydroxylation sites is 1. The molecule has 4 heteroatoms. The third-order valence-corrected chi connectivity index (χ3v) is 5.01. The van der Waals surface area contributed by atoms with Gasteiger partial charge in [0.25, 0.3) is 0 Å². The van der Waals surface area contributed by atoms with Crippen molar-refractivity contribution in [2.45, 2.75) is 32.7 Å². The largest absolute Gasteiger partial charge is 0.353 e. The van der Waals surface area contributed by atoms with E-state index in [4.69, 9.17) is 0 Å². The third-order valence-electron chi connectivity index (χ3n) is 5.01. The minimum Gasteiger partial charge on any atom is -0.353 e. The number of carbonyl (C=O) groups excluding carboxylic acids is 1. The van der Waals surface area contributed by atoms with Crippen LogP contribution in [0.2, 0.25) is 0 Å². The normalized spacial score (nSPS) is 12.1. The Labute approximate surface area is 171 Å². The molecule has 4 nitrogen and oxygen atoms in total. The van der Waals surface area contributed by atoms with Gasteiger partial charge in [0.2, 0.25) is 5.91 Å². The van der Waals surface area contributed by atoms with Crippen LogP contribution < -0.4 is 5.32 Å². The van der Waals surface area contributed by atoms with Crippen molar-refractivity contribution in [3.63, 3.8) is 0 Å². The molecular weight excluding hydrogens is 358 g/mol. The van der Waals surface area contributed by atoms with Crippen molar-refractivity contribution in [1.29, 1.82) is 0 Å². The molecule has 4 rings (SSSR count). The molecule has 146 valence electrons. The van der Waals surface area contributed by atoms with Gasteiger partial charge in [-0.3, -0.25) is 4.79 Å². The lowest BCUT2D eigenvalue weighted by Gasteiger charge is -2.15. The number of nitrogens with one attached hydrogen (secondary N) is 1. The zero-order chi connectivity index (χ0) is 20.2. The van der Waals surface area contributed by atoms with E-state index in [9.17, 15) is 4.79 Å². The van der Waals surface area contributed by atoms with E-state index in [1.807, 2.05) is 67.1 Å². The number of benzene rings is 3. The minimum atomic E-state index is 0.0153. The average Bonchev–Trinajstić information content (AvgIpc) is 3.08. The van der Waals surface area contributed by atoms with E-state index in [2.05, 4.69) is 40.7 Å². The predicted octanol–water partition coefficient (Wildman–Crippen LogP) is 4.62. The lowest BCUT2D eigenvalue weighted by molar-refractivity contribution is -0.121. The molecule has 1 aromatic heterocycles. The first kappa shape index (κ1) is 18.9.